The average molecular weight is 227 g/mol. The zero-order valence-electron chi connectivity index (χ0n) is 10.4. The molecule has 0 heterocycles. The largest absolute Gasteiger partial charge is 0.313 e. The van der Waals surface area contributed by atoms with Crippen LogP contribution in [-0.2, 0) is 12.8 Å². The molecule has 0 aromatic heterocycles. The lowest BCUT2D eigenvalue weighted by Crippen LogP contribution is -2.30. The van der Waals surface area contributed by atoms with E-state index in [2.05, 4.69) is 35.7 Å². The van der Waals surface area contributed by atoms with E-state index < -0.39 is 0 Å². The molecule has 0 saturated carbocycles. The summed E-state index contributed by atoms with van der Waals surface area (Å²) in [5, 5.41) is 3.71. The van der Waals surface area contributed by atoms with Crippen molar-refractivity contribution in [3.63, 3.8) is 0 Å². The summed E-state index contributed by atoms with van der Waals surface area (Å²) in [6, 6.07) is 9.54. The van der Waals surface area contributed by atoms with Crippen LogP contribution in [-0.4, -0.2) is 12.6 Å². The van der Waals surface area contributed by atoms with Gasteiger partial charge in [-0.25, -0.2) is 0 Å². The van der Waals surface area contributed by atoms with Crippen molar-refractivity contribution in [2.45, 2.75) is 44.6 Å². The third kappa shape index (κ3) is 2.61. The Balaban J connectivity index is 1.46. The van der Waals surface area contributed by atoms with Crippen molar-refractivity contribution in [2.24, 2.45) is 0 Å². The molecule has 1 heteroatoms. The number of hydrogen-bond donors (Lipinski definition) is 1. The van der Waals surface area contributed by atoms with Crippen LogP contribution in [0.4, 0.5) is 0 Å². The fourth-order valence-electron chi connectivity index (χ4n) is 3.10. The lowest BCUT2D eigenvalue weighted by Gasteiger charge is -2.12. The normalized spacial score (nSPS) is 19.4. The topological polar surface area (TPSA) is 12.0 Å². The molecule has 0 amide bonds. The first kappa shape index (κ1) is 11.0. The summed E-state index contributed by atoms with van der Waals surface area (Å²) < 4.78 is 0. The predicted octanol–water partition coefficient (Wildman–Crippen LogP) is 3.24. The van der Waals surface area contributed by atoms with Crippen LogP contribution in [0.25, 0.3) is 0 Å². The number of hydrogen-bond acceptors (Lipinski definition) is 1. The van der Waals surface area contributed by atoms with Gasteiger partial charge in [-0.15, -0.1) is 0 Å². The molecule has 90 valence electrons. The lowest BCUT2D eigenvalue weighted by atomic mass is 10.1. The van der Waals surface area contributed by atoms with Gasteiger partial charge in [-0.1, -0.05) is 35.9 Å². The first-order chi connectivity index (χ1) is 8.42. The van der Waals surface area contributed by atoms with E-state index in [0.29, 0.717) is 6.04 Å². The van der Waals surface area contributed by atoms with E-state index in [0.717, 1.165) is 6.54 Å². The van der Waals surface area contributed by atoms with Gasteiger partial charge in [0.25, 0.3) is 0 Å². The quantitative estimate of drug-likeness (QED) is 0.779. The molecule has 2 aliphatic carbocycles. The van der Waals surface area contributed by atoms with Gasteiger partial charge in [0, 0.05) is 6.04 Å². The summed E-state index contributed by atoms with van der Waals surface area (Å²) in [7, 11) is 0. The number of allylic oxidation sites excluding steroid dienone is 1. The van der Waals surface area contributed by atoms with Gasteiger partial charge in [0.2, 0.25) is 0 Å². The Bertz CT molecular complexity index is 394. The van der Waals surface area contributed by atoms with Crippen LogP contribution in [0.2, 0.25) is 0 Å². The third-order valence-corrected chi connectivity index (χ3v) is 4.07. The van der Waals surface area contributed by atoms with Gasteiger partial charge in [-0.05, 0) is 56.2 Å². The van der Waals surface area contributed by atoms with Crippen LogP contribution < -0.4 is 5.32 Å². The Labute approximate surface area is 104 Å². The molecule has 0 radical (unpaired) electrons. The van der Waals surface area contributed by atoms with Crippen LogP contribution in [0, 0.1) is 0 Å². The Morgan fingerprint density at radius 2 is 1.88 bits per heavy atom. The monoisotopic (exact) mass is 227 g/mol. The molecule has 1 N–H and O–H groups in total. The Kier molecular flexibility index (Phi) is 3.28. The molecule has 1 aromatic carbocycles. The van der Waals surface area contributed by atoms with Gasteiger partial charge >= 0.3 is 0 Å². The van der Waals surface area contributed by atoms with E-state index in [4.69, 9.17) is 0 Å². The summed E-state index contributed by atoms with van der Waals surface area (Å²) >= 11 is 0. The zero-order chi connectivity index (χ0) is 11.5. The summed E-state index contributed by atoms with van der Waals surface area (Å²) in [6.45, 7) is 1.16. The van der Waals surface area contributed by atoms with Crippen molar-refractivity contribution >= 4 is 0 Å². The van der Waals surface area contributed by atoms with Gasteiger partial charge in [0.1, 0.15) is 0 Å². The van der Waals surface area contributed by atoms with Crippen LogP contribution in [0.1, 0.15) is 36.8 Å². The van der Waals surface area contributed by atoms with Crippen LogP contribution in [0.15, 0.2) is 35.9 Å². The standard InChI is InChI=1S/C16H21N/c1-2-6-13(5-1)9-10-17-16-11-14-7-3-4-8-15(14)12-16/h3-5,7-8,16-17H,1-2,6,9-12H2. The van der Waals surface area contributed by atoms with Crippen LogP contribution in [0.5, 0.6) is 0 Å². The molecule has 2 aliphatic rings. The summed E-state index contributed by atoms with van der Waals surface area (Å²) in [5.41, 5.74) is 4.77. The molecule has 0 spiro atoms. The second kappa shape index (κ2) is 5.05. The van der Waals surface area contributed by atoms with Crippen molar-refractivity contribution < 1.29 is 0 Å². The molecule has 0 aliphatic heterocycles. The van der Waals surface area contributed by atoms with Gasteiger partial charge in [-0.3, -0.25) is 0 Å². The van der Waals surface area contributed by atoms with E-state index >= 15 is 0 Å². The summed E-state index contributed by atoms with van der Waals surface area (Å²) in [6.07, 6.45) is 10.2. The minimum absolute atomic E-state index is 0.675. The molecule has 0 atom stereocenters. The maximum atomic E-state index is 3.71. The van der Waals surface area contributed by atoms with Crippen molar-refractivity contribution in [3.8, 4) is 0 Å². The molecule has 0 unspecified atom stereocenters. The van der Waals surface area contributed by atoms with Gasteiger partial charge in [0.05, 0.1) is 0 Å². The highest BCUT2D eigenvalue weighted by atomic mass is 14.9. The van der Waals surface area contributed by atoms with Gasteiger partial charge < -0.3 is 5.32 Å². The minimum Gasteiger partial charge on any atom is -0.313 e. The highest BCUT2D eigenvalue weighted by Gasteiger charge is 2.19. The number of fused-ring (bicyclic) bond motifs is 1. The SMILES string of the molecule is C1=C(CCNC2Cc3ccccc3C2)CCC1. The fourth-order valence-corrected chi connectivity index (χ4v) is 3.10. The second-order valence-corrected chi connectivity index (χ2v) is 5.33. The van der Waals surface area contributed by atoms with Crippen molar-refractivity contribution in [1.29, 1.82) is 0 Å². The molecule has 1 nitrogen and oxygen atoms in total. The lowest BCUT2D eigenvalue weighted by molar-refractivity contribution is 0.534. The van der Waals surface area contributed by atoms with E-state index in [1.165, 1.54) is 38.5 Å². The summed E-state index contributed by atoms with van der Waals surface area (Å²) in [4.78, 5) is 0. The van der Waals surface area contributed by atoms with Crippen molar-refractivity contribution in [3.05, 3.63) is 47.0 Å². The number of nitrogens with one attached hydrogen (secondary N) is 1. The first-order valence-electron chi connectivity index (χ1n) is 6.90. The Hall–Kier alpha value is -1.08. The maximum absolute atomic E-state index is 3.71. The van der Waals surface area contributed by atoms with E-state index in [-0.39, 0.29) is 0 Å². The van der Waals surface area contributed by atoms with Crippen molar-refractivity contribution in [2.75, 3.05) is 6.54 Å². The molecule has 17 heavy (non-hydrogen) atoms. The Morgan fingerprint density at radius 3 is 2.53 bits per heavy atom. The predicted molar refractivity (Wildman–Crippen MR) is 72.2 cm³/mol. The smallest absolute Gasteiger partial charge is 0.0148 e. The number of benzene rings is 1. The maximum Gasteiger partial charge on any atom is 0.0148 e. The van der Waals surface area contributed by atoms with Gasteiger partial charge in [-0.2, -0.15) is 0 Å². The number of rotatable bonds is 4. The molecule has 1 aromatic rings. The van der Waals surface area contributed by atoms with Crippen LogP contribution in [0.3, 0.4) is 0 Å². The molecule has 0 fully saturated rings. The highest BCUT2D eigenvalue weighted by Crippen LogP contribution is 2.23. The molecule has 0 saturated heterocycles. The second-order valence-electron chi connectivity index (χ2n) is 5.33. The van der Waals surface area contributed by atoms with Crippen molar-refractivity contribution in [1.82, 2.24) is 5.32 Å². The highest BCUT2D eigenvalue weighted by molar-refractivity contribution is 5.33. The average Bonchev–Trinajstić information content (AvgIpc) is 2.96. The van der Waals surface area contributed by atoms with E-state index in [1.54, 1.807) is 16.7 Å². The van der Waals surface area contributed by atoms with Gasteiger partial charge in [0.15, 0.2) is 0 Å². The summed E-state index contributed by atoms with van der Waals surface area (Å²) in [5.74, 6) is 0. The Morgan fingerprint density at radius 1 is 1.12 bits per heavy atom. The van der Waals surface area contributed by atoms with Crippen LogP contribution >= 0.6 is 0 Å². The minimum atomic E-state index is 0.675. The molecular formula is C16H21N. The van der Waals surface area contributed by atoms with E-state index in [9.17, 15) is 0 Å². The zero-order valence-corrected chi connectivity index (χ0v) is 10.4. The first-order valence-corrected chi connectivity index (χ1v) is 6.90. The van der Waals surface area contributed by atoms with E-state index in [1.807, 2.05) is 0 Å². The fraction of sp³-hybridized carbons (Fsp3) is 0.500. The molecular weight excluding hydrogens is 206 g/mol. The third-order valence-electron chi connectivity index (χ3n) is 4.07. The molecule has 3 rings (SSSR count). The molecule has 0 bridgehead atoms.